The molecule has 21 amide bonds. The number of aliphatic hydroxyl groups excluding tert-OH is 7. The topological polar surface area (TPSA) is 882 Å². The van der Waals surface area contributed by atoms with Gasteiger partial charge >= 0.3 is 17.9 Å². The third-order valence-corrected chi connectivity index (χ3v) is 22.6. The summed E-state index contributed by atoms with van der Waals surface area (Å²) < 4.78 is 0. The van der Waals surface area contributed by atoms with Crippen LogP contribution in [-0.2, 0) is 115 Å². The average Bonchev–Trinajstić information content (AvgIpc) is 1.66. The van der Waals surface area contributed by atoms with Crippen molar-refractivity contribution in [2.75, 3.05) is 59.2 Å². The van der Waals surface area contributed by atoms with Crippen LogP contribution in [0.3, 0.4) is 0 Å². The Bertz CT molecular complexity index is 4370. The molecule has 32 N–H and O–H groups in total. The molecule has 1 aliphatic rings. The lowest BCUT2D eigenvalue weighted by Crippen LogP contribution is -2.62. The molecule has 1 fully saturated rings. The van der Waals surface area contributed by atoms with Crippen molar-refractivity contribution < 1.29 is 166 Å². The summed E-state index contributed by atoms with van der Waals surface area (Å²) in [6.07, 6.45) is -5.21. The van der Waals surface area contributed by atoms with E-state index in [4.69, 9.17) is 5.73 Å². The number of nitrogens with zero attached hydrogens (tertiary/aromatic N) is 1. The number of carboxylic acids is 3. The van der Waals surface area contributed by atoms with Gasteiger partial charge in [0.1, 0.15) is 115 Å². The molecule has 142 heavy (non-hydrogen) atoms. The molecule has 804 valence electrons. The first-order chi connectivity index (χ1) is 66.2. The van der Waals surface area contributed by atoms with Crippen LogP contribution in [0.4, 0.5) is 0 Å². The zero-order chi connectivity index (χ0) is 109. The van der Waals surface area contributed by atoms with Gasteiger partial charge in [0.2, 0.25) is 124 Å². The van der Waals surface area contributed by atoms with Crippen molar-refractivity contribution in [3.05, 3.63) is 0 Å². The summed E-state index contributed by atoms with van der Waals surface area (Å²) in [6.45, 7) is 16.2. The molecule has 0 radical (unpaired) electrons. The number of hydrogen-bond acceptors (Lipinski definition) is 32. The Labute approximate surface area is 819 Å². The van der Waals surface area contributed by atoms with Crippen molar-refractivity contribution in [1.29, 1.82) is 0 Å². The summed E-state index contributed by atoms with van der Waals surface area (Å²) in [5, 5.41) is 146. The molecule has 1 saturated heterocycles. The van der Waals surface area contributed by atoms with Gasteiger partial charge in [-0.25, -0.2) is 4.79 Å². The lowest BCUT2D eigenvalue weighted by Gasteiger charge is -2.31. The molecule has 0 aliphatic carbocycles. The van der Waals surface area contributed by atoms with Gasteiger partial charge in [-0.05, 0) is 102 Å². The third-order valence-electron chi connectivity index (χ3n) is 22.6. The predicted octanol–water partition coefficient (Wildman–Crippen LogP) is -13.4. The number of carboxylic acid groups (broad SMARTS) is 3. The maximum atomic E-state index is 14.3. The highest BCUT2D eigenvalue weighted by molar-refractivity contribution is 6.02. The van der Waals surface area contributed by atoms with Crippen LogP contribution in [-0.4, -0.2) is 384 Å². The standard InChI is InChI=1S/C86H146N22O34/c1-18-40(11)65(83(138)98-49(27-36(3)4)73(128)99-53(34-112)76(131)97-48(23-25-60(121)122)72(127)96-47(22-24-59(119)120)71(126)88-30-58(118)102-64(39(9)10)85(140)108-26-20-21-55(108)79(134)106-66(86(141)142)41(12)19-2)105-77(132)51(32-110)95-57(117)29-90-81(136)62(37(5)6)103-69(124)43(14)91-68(123)42(13)92-74(129)52(33-111)101-84(139)67(46(17)115)107-78(133)54(35-113)100-75(130)50(31-109)94-56(116)28-89-82(137)63(38(7)8)104-70(125)44(15)93-80(135)61(87)45(16)114/h36-55,61-67,109-115H,18-35,87H2,1-17H3,(H,88,126)(H,89,137)(H,90,136)(H,91,123)(H,92,129)(H,93,135)(H,94,116)(H,95,117)(H,96,127)(H,97,131)(H,98,138)(H,99,128)(H,100,130)(H,101,139)(H,102,118)(H,103,124)(H,104,125)(H,105,132)(H,106,134)(H,107,133)(H,119,120)(H,121,122)(H,141,142)/t40-,41-,42-,43-,44-,45+,46+,47-,48-,49-,50-,51-,52-,53-,54-,55-,61-,62-,63-,64-,65-,66-,67-/m0/s1. The minimum atomic E-state index is -2.03. The number of nitrogens with one attached hydrogen (secondary N) is 20. The molecular formula is C86H146N22O34. The van der Waals surface area contributed by atoms with Crippen molar-refractivity contribution in [1.82, 2.24) is 111 Å². The Morgan fingerprint density at radius 2 is 0.627 bits per heavy atom. The van der Waals surface area contributed by atoms with Gasteiger partial charge in [0.05, 0.1) is 64.9 Å². The van der Waals surface area contributed by atoms with Crippen molar-refractivity contribution in [2.45, 2.75) is 302 Å². The molecule has 0 unspecified atom stereocenters. The monoisotopic (exact) mass is 2030 g/mol. The Balaban J connectivity index is 3.15. The second-order valence-corrected chi connectivity index (χ2v) is 35.9. The second kappa shape index (κ2) is 63.0. The van der Waals surface area contributed by atoms with Gasteiger partial charge in [-0.3, -0.25) is 110 Å². The van der Waals surface area contributed by atoms with Crippen LogP contribution in [0.5, 0.6) is 0 Å². The van der Waals surface area contributed by atoms with E-state index in [0.717, 1.165) is 20.8 Å². The van der Waals surface area contributed by atoms with Crippen molar-refractivity contribution in [3.8, 4) is 0 Å². The fourth-order valence-electron chi connectivity index (χ4n) is 13.5. The molecule has 0 bridgehead atoms. The summed E-state index contributed by atoms with van der Waals surface area (Å²) in [7, 11) is 0. The normalized spacial score (nSPS) is 17.0. The number of nitrogens with two attached hydrogens (primary N) is 1. The largest absolute Gasteiger partial charge is 0.481 e. The van der Waals surface area contributed by atoms with Crippen LogP contribution in [0.1, 0.15) is 175 Å². The molecule has 1 rings (SSSR count). The fourth-order valence-corrected chi connectivity index (χ4v) is 13.5. The highest BCUT2D eigenvalue weighted by atomic mass is 16.4. The van der Waals surface area contributed by atoms with E-state index in [-0.39, 0.29) is 25.8 Å². The smallest absolute Gasteiger partial charge is 0.326 e. The molecule has 56 heteroatoms. The first-order valence-electron chi connectivity index (χ1n) is 46.3. The Kier molecular flexibility index (Phi) is 56.3. The molecule has 0 aromatic carbocycles. The van der Waals surface area contributed by atoms with E-state index < -0.39 is 383 Å². The van der Waals surface area contributed by atoms with Gasteiger partial charge in [-0.1, -0.05) is 95.9 Å². The molecule has 1 aliphatic heterocycles. The zero-order valence-corrected chi connectivity index (χ0v) is 82.6. The third kappa shape index (κ3) is 43.2. The highest BCUT2D eigenvalue weighted by Gasteiger charge is 2.44. The molecule has 1 heterocycles. The van der Waals surface area contributed by atoms with Crippen LogP contribution in [0.2, 0.25) is 0 Å². The number of rotatable bonds is 64. The average molecular weight is 2030 g/mol. The predicted molar refractivity (Wildman–Crippen MR) is 495 cm³/mol. The Morgan fingerprint density at radius 1 is 0.317 bits per heavy atom. The molecule has 0 aromatic heterocycles. The van der Waals surface area contributed by atoms with Crippen LogP contribution in [0.15, 0.2) is 0 Å². The first-order valence-corrected chi connectivity index (χ1v) is 46.3. The van der Waals surface area contributed by atoms with Gasteiger partial charge in [-0.2, -0.15) is 0 Å². The van der Waals surface area contributed by atoms with E-state index >= 15 is 0 Å². The van der Waals surface area contributed by atoms with E-state index in [2.05, 4.69) is 95.7 Å². The quantitative estimate of drug-likeness (QED) is 0.0269. The van der Waals surface area contributed by atoms with Crippen LogP contribution >= 0.6 is 0 Å². The number of amides is 21. The summed E-state index contributed by atoms with van der Waals surface area (Å²) >= 11 is 0. The van der Waals surface area contributed by atoms with Crippen LogP contribution in [0, 0.1) is 35.5 Å². The van der Waals surface area contributed by atoms with E-state index in [1.54, 1.807) is 48.5 Å². The lowest BCUT2D eigenvalue weighted by atomic mass is 9.96. The van der Waals surface area contributed by atoms with E-state index in [0.29, 0.717) is 12.8 Å². The Hall–Kier alpha value is -13.0. The first kappa shape index (κ1) is 127. The maximum absolute atomic E-state index is 14.3. The zero-order valence-electron chi connectivity index (χ0n) is 82.6. The highest BCUT2D eigenvalue weighted by Crippen LogP contribution is 2.23. The number of hydrogen-bond donors (Lipinski definition) is 31. The fraction of sp³-hybridized carbons (Fsp3) is 0.721. The maximum Gasteiger partial charge on any atom is 0.326 e. The van der Waals surface area contributed by atoms with E-state index in [1.165, 1.54) is 53.4 Å². The van der Waals surface area contributed by atoms with Gasteiger partial charge < -0.3 is 168 Å². The minimum Gasteiger partial charge on any atom is -0.481 e. The van der Waals surface area contributed by atoms with E-state index in [9.17, 15) is 166 Å². The second-order valence-electron chi connectivity index (χ2n) is 35.9. The van der Waals surface area contributed by atoms with Crippen LogP contribution < -0.4 is 112 Å². The van der Waals surface area contributed by atoms with Gasteiger partial charge in [0.15, 0.2) is 0 Å². The number of aliphatic carboxylic acids is 3. The molecule has 56 nitrogen and oxygen atoms in total. The molecule has 0 spiro atoms. The van der Waals surface area contributed by atoms with Gasteiger partial charge in [0.25, 0.3) is 0 Å². The van der Waals surface area contributed by atoms with Crippen molar-refractivity contribution in [2.24, 2.45) is 41.2 Å². The lowest BCUT2D eigenvalue weighted by molar-refractivity contribution is -0.146. The molecule has 0 aromatic rings. The SMILES string of the molecule is CC[C@H](C)[C@H](NC(=O)[C@@H]1CCCN1C(=O)[C@@H](NC(=O)CNC(=O)[C@H](CCC(=O)O)NC(=O)[C@H](CCC(=O)O)NC(=O)[C@H](CO)NC(=O)[C@H](CC(C)C)NC(=O)[C@@H](NC(=O)[C@H](CO)NC(=O)CNC(=O)[C@@H](NC(=O)[C@H](C)NC(=O)[C@H](C)NC(=O)[C@H](CO)NC(=O)[C@@H](NC(=O)[C@H](CO)NC(=O)[C@H](CO)NC(=O)CNC(=O)[C@@H](NC(=O)[C@H](C)NC(=O)[C@@H](N)[C@@H](C)O)C(C)C)[C@@H](C)O)C(C)C)[C@@H](C)CC)C(C)C)C(=O)O. The summed E-state index contributed by atoms with van der Waals surface area (Å²) in [5.41, 5.74) is 5.60. The summed E-state index contributed by atoms with van der Waals surface area (Å²) in [6, 6.07) is -30.7. The van der Waals surface area contributed by atoms with Crippen molar-refractivity contribution in [3.63, 3.8) is 0 Å². The molecule has 23 atom stereocenters. The Morgan fingerprint density at radius 3 is 1.01 bits per heavy atom. The van der Waals surface area contributed by atoms with Crippen molar-refractivity contribution >= 4 is 142 Å². The van der Waals surface area contributed by atoms with Gasteiger partial charge in [-0.15, -0.1) is 0 Å². The summed E-state index contributed by atoms with van der Waals surface area (Å²) in [4.78, 5) is 320. The number of carbonyl (C=O) groups excluding carboxylic acids is 21. The number of carbonyl (C=O) groups is 24. The number of likely N-dealkylation sites (tertiary alicyclic amines) is 1. The van der Waals surface area contributed by atoms with E-state index in [1.807, 2.05) is 10.6 Å². The molecular weight excluding hydrogens is 1890 g/mol. The summed E-state index contributed by atoms with van der Waals surface area (Å²) in [5.74, 6) is -30.7. The minimum absolute atomic E-state index is 0.0747. The van der Waals surface area contributed by atoms with Gasteiger partial charge in [0, 0.05) is 19.4 Å². The van der Waals surface area contributed by atoms with Crippen LogP contribution in [0.25, 0.3) is 0 Å². The number of aliphatic hydroxyl groups is 7. The molecule has 0 saturated carbocycles.